The number of nitrogens with one attached hydrogen (secondary N) is 1. The summed E-state index contributed by atoms with van der Waals surface area (Å²) in [6, 6.07) is 8.54. The number of rotatable bonds is 7. The largest absolute Gasteiger partial charge is 0.497 e. The number of carbonyl (C=O) groups is 1. The lowest BCUT2D eigenvalue weighted by molar-refractivity contribution is -0.126. The van der Waals surface area contributed by atoms with Crippen LogP contribution in [0, 0.1) is 5.92 Å². The summed E-state index contributed by atoms with van der Waals surface area (Å²) in [5.41, 5.74) is 0.831. The van der Waals surface area contributed by atoms with Gasteiger partial charge in [0.1, 0.15) is 15.7 Å². The highest BCUT2D eigenvalue weighted by atomic mass is 32.2. The van der Waals surface area contributed by atoms with E-state index in [-0.39, 0.29) is 17.9 Å². The Balaban J connectivity index is 1.62. The Bertz CT molecular complexity index is 936. The van der Waals surface area contributed by atoms with Gasteiger partial charge in [-0.2, -0.15) is 4.31 Å². The first-order valence-corrected chi connectivity index (χ1v) is 11.7. The van der Waals surface area contributed by atoms with Gasteiger partial charge >= 0.3 is 0 Å². The predicted octanol–water partition coefficient (Wildman–Crippen LogP) is 3.04. The molecule has 1 aliphatic heterocycles. The van der Waals surface area contributed by atoms with E-state index in [2.05, 4.69) is 5.32 Å². The van der Waals surface area contributed by atoms with E-state index in [0.29, 0.717) is 41.6 Å². The molecule has 2 aromatic rings. The van der Waals surface area contributed by atoms with Crippen molar-refractivity contribution in [1.82, 2.24) is 9.62 Å². The number of thiophene rings is 1. The van der Waals surface area contributed by atoms with Crippen molar-refractivity contribution in [3.8, 4) is 11.5 Å². The van der Waals surface area contributed by atoms with Crippen LogP contribution in [0.1, 0.15) is 31.4 Å². The van der Waals surface area contributed by atoms with Gasteiger partial charge in [0.2, 0.25) is 5.91 Å². The lowest BCUT2D eigenvalue weighted by Gasteiger charge is -2.31. The molecular weight excluding hydrogens is 412 g/mol. The van der Waals surface area contributed by atoms with Crippen LogP contribution in [0.4, 0.5) is 0 Å². The molecule has 7 nitrogen and oxygen atoms in total. The van der Waals surface area contributed by atoms with E-state index in [9.17, 15) is 13.2 Å². The third-order valence-corrected chi connectivity index (χ3v) is 8.45. The average Bonchev–Trinajstić information content (AvgIpc) is 3.29. The van der Waals surface area contributed by atoms with E-state index in [4.69, 9.17) is 9.47 Å². The van der Waals surface area contributed by atoms with Crippen LogP contribution in [0.2, 0.25) is 0 Å². The quantitative estimate of drug-likeness (QED) is 0.718. The number of ether oxygens (including phenoxy) is 2. The van der Waals surface area contributed by atoms with Crippen LogP contribution in [0.25, 0.3) is 0 Å². The monoisotopic (exact) mass is 438 g/mol. The van der Waals surface area contributed by atoms with Gasteiger partial charge in [0.15, 0.2) is 0 Å². The predicted molar refractivity (Wildman–Crippen MR) is 112 cm³/mol. The summed E-state index contributed by atoms with van der Waals surface area (Å²) in [6.07, 6.45) is 0.997. The number of amides is 1. The van der Waals surface area contributed by atoms with Gasteiger partial charge in [0, 0.05) is 24.6 Å². The van der Waals surface area contributed by atoms with Gasteiger partial charge in [-0.3, -0.25) is 4.79 Å². The third-order valence-electron chi connectivity index (χ3n) is 5.18. The van der Waals surface area contributed by atoms with Gasteiger partial charge in [-0.05, 0) is 49.4 Å². The van der Waals surface area contributed by atoms with E-state index in [1.807, 2.05) is 19.1 Å². The zero-order valence-corrected chi connectivity index (χ0v) is 18.4. The first kappa shape index (κ1) is 21.6. The highest BCUT2D eigenvalue weighted by Gasteiger charge is 2.33. The van der Waals surface area contributed by atoms with Gasteiger partial charge < -0.3 is 14.8 Å². The van der Waals surface area contributed by atoms with Gasteiger partial charge in [0.25, 0.3) is 10.0 Å². The van der Waals surface area contributed by atoms with Crippen molar-refractivity contribution in [2.75, 3.05) is 27.3 Å². The molecule has 1 fully saturated rings. The lowest BCUT2D eigenvalue weighted by atomic mass is 9.96. The maximum atomic E-state index is 12.8. The number of carbonyl (C=O) groups excluding carboxylic acids is 1. The molecule has 0 bridgehead atoms. The molecule has 1 aromatic carbocycles. The number of hydrogen-bond acceptors (Lipinski definition) is 6. The van der Waals surface area contributed by atoms with Crippen molar-refractivity contribution >= 4 is 27.3 Å². The summed E-state index contributed by atoms with van der Waals surface area (Å²) < 4.78 is 37.7. The summed E-state index contributed by atoms with van der Waals surface area (Å²) in [7, 11) is -0.284. The second kappa shape index (κ2) is 9.15. The van der Waals surface area contributed by atoms with Crippen molar-refractivity contribution in [2.24, 2.45) is 5.92 Å². The molecule has 1 unspecified atom stereocenters. The van der Waals surface area contributed by atoms with Gasteiger partial charge in [-0.25, -0.2) is 8.42 Å². The number of sulfonamides is 1. The minimum absolute atomic E-state index is 0.0736. The molecule has 1 atom stereocenters. The molecule has 1 N–H and O–H groups in total. The average molecular weight is 439 g/mol. The molecule has 0 spiro atoms. The number of methoxy groups -OCH3 is 2. The number of piperidine rings is 1. The molecule has 158 valence electrons. The maximum absolute atomic E-state index is 12.8. The lowest BCUT2D eigenvalue weighted by Crippen LogP contribution is -2.43. The summed E-state index contributed by atoms with van der Waals surface area (Å²) in [5, 5.41) is 4.78. The van der Waals surface area contributed by atoms with Gasteiger partial charge in [-0.1, -0.05) is 6.07 Å². The third kappa shape index (κ3) is 4.73. The summed E-state index contributed by atoms with van der Waals surface area (Å²) in [5.74, 6) is 1.07. The van der Waals surface area contributed by atoms with Crippen LogP contribution < -0.4 is 14.8 Å². The second-order valence-corrected chi connectivity index (χ2v) is 10.1. The van der Waals surface area contributed by atoms with Crippen LogP contribution >= 0.6 is 11.3 Å². The first-order valence-electron chi connectivity index (χ1n) is 9.42. The zero-order valence-electron chi connectivity index (χ0n) is 16.8. The molecule has 29 heavy (non-hydrogen) atoms. The smallest absolute Gasteiger partial charge is 0.252 e. The Kier molecular flexibility index (Phi) is 6.81. The SMILES string of the molecule is COc1ccc(OC)c(C(C)NC(=O)C2CCN(S(=O)(=O)c3cccs3)CC2)c1. The van der Waals surface area contributed by atoms with Crippen LogP contribution in [-0.4, -0.2) is 45.9 Å². The standard InChI is InChI=1S/C20H26N2O5S2/c1-14(17-13-16(26-2)6-7-18(17)27-3)21-20(23)15-8-10-22(11-9-15)29(24,25)19-5-4-12-28-19/h4-7,12-15H,8-11H2,1-3H3,(H,21,23). The van der Waals surface area contributed by atoms with E-state index in [0.717, 1.165) is 5.56 Å². The molecule has 2 heterocycles. The molecule has 0 radical (unpaired) electrons. The Hall–Kier alpha value is -2.10. The topological polar surface area (TPSA) is 84.9 Å². The van der Waals surface area contributed by atoms with Crippen molar-refractivity contribution < 1.29 is 22.7 Å². The molecule has 3 rings (SSSR count). The highest BCUT2D eigenvalue weighted by molar-refractivity contribution is 7.91. The van der Waals surface area contributed by atoms with E-state index < -0.39 is 10.0 Å². The van der Waals surface area contributed by atoms with Crippen LogP contribution in [0.5, 0.6) is 11.5 Å². The minimum Gasteiger partial charge on any atom is -0.497 e. The number of nitrogens with zero attached hydrogens (tertiary/aromatic N) is 1. The number of hydrogen-bond donors (Lipinski definition) is 1. The molecule has 9 heteroatoms. The van der Waals surface area contributed by atoms with Crippen molar-refractivity contribution in [3.05, 3.63) is 41.3 Å². The maximum Gasteiger partial charge on any atom is 0.252 e. The van der Waals surface area contributed by atoms with E-state index in [1.165, 1.54) is 15.6 Å². The normalized spacial score (nSPS) is 16.9. The van der Waals surface area contributed by atoms with Crippen molar-refractivity contribution in [2.45, 2.75) is 30.0 Å². The fourth-order valence-corrected chi connectivity index (χ4v) is 6.10. The summed E-state index contributed by atoms with van der Waals surface area (Å²) >= 11 is 1.21. The Labute approximate surface area is 175 Å². The number of benzene rings is 1. The van der Waals surface area contributed by atoms with E-state index >= 15 is 0 Å². The van der Waals surface area contributed by atoms with Crippen molar-refractivity contribution in [3.63, 3.8) is 0 Å². The minimum atomic E-state index is -3.46. The molecule has 1 saturated heterocycles. The Morgan fingerprint density at radius 1 is 1.21 bits per heavy atom. The van der Waals surface area contributed by atoms with E-state index in [1.54, 1.807) is 37.8 Å². The zero-order chi connectivity index (χ0) is 21.0. The molecule has 0 saturated carbocycles. The molecular formula is C20H26N2O5S2. The molecule has 0 aliphatic carbocycles. The van der Waals surface area contributed by atoms with Crippen LogP contribution in [0.3, 0.4) is 0 Å². The molecule has 1 aromatic heterocycles. The highest BCUT2D eigenvalue weighted by Crippen LogP contribution is 2.30. The molecule has 1 amide bonds. The second-order valence-electron chi connectivity index (χ2n) is 6.95. The van der Waals surface area contributed by atoms with Gasteiger partial charge in [0.05, 0.1) is 20.3 Å². The Morgan fingerprint density at radius 2 is 1.93 bits per heavy atom. The fraction of sp³-hybridized carbons (Fsp3) is 0.450. The van der Waals surface area contributed by atoms with Gasteiger partial charge in [-0.15, -0.1) is 11.3 Å². The summed E-state index contributed by atoms with van der Waals surface area (Å²) in [4.78, 5) is 12.8. The van der Waals surface area contributed by atoms with Crippen molar-refractivity contribution in [1.29, 1.82) is 0 Å². The fourth-order valence-electron chi connectivity index (χ4n) is 3.48. The first-order chi connectivity index (χ1) is 13.9. The van der Waals surface area contributed by atoms with Crippen LogP contribution in [0.15, 0.2) is 39.9 Å². The van der Waals surface area contributed by atoms with Crippen LogP contribution in [-0.2, 0) is 14.8 Å². The molecule has 1 aliphatic rings. The Morgan fingerprint density at radius 3 is 2.52 bits per heavy atom. The summed E-state index contributed by atoms with van der Waals surface area (Å²) in [6.45, 7) is 2.58.